The predicted octanol–water partition coefficient (Wildman–Crippen LogP) is 5.76. The molecule has 0 atom stereocenters. The standard InChI is InChI=1S/C22H21NO/c1-15-8-11-19(12-9-15)23-17(3)20-13-10-18(14-16(20)2)21-6-4-5-7-22(21)24/h4-14,23-24H,3H2,1-2H3. The first kappa shape index (κ1) is 15.9. The molecule has 2 N–H and O–H groups in total. The lowest BCUT2D eigenvalue weighted by Gasteiger charge is -2.14. The van der Waals surface area contributed by atoms with Crippen molar-refractivity contribution in [2.75, 3.05) is 5.32 Å². The number of aromatic hydroxyl groups is 1. The van der Waals surface area contributed by atoms with Gasteiger partial charge in [-0.15, -0.1) is 0 Å². The van der Waals surface area contributed by atoms with E-state index in [4.69, 9.17) is 0 Å². The van der Waals surface area contributed by atoms with Crippen LogP contribution in [0.3, 0.4) is 0 Å². The number of hydrogen-bond donors (Lipinski definition) is 2. The molecule has 0 unspecified atom stereocenters. The lowest BCUT2D eigenvalue weighted by atomic mass is 9.98. The topological polar surface area (TPSA) is 32.3 Å². The number of nitrogens with one attached hydrogen (secondary N) is 1. The van der Waals surface area contributed by atoms with Crippen LogP contribution >= 0.6 is 0 Å². The quantitative estimate of drug-likeness (QED) is 0.641. The molecule has 0 aliphatic heterocycles. The molecule has 0 amide bonds. The molecule has 0 saturated carbocycles. The van der Waals surface area contributed by atoms with Gasteiger partial charge in [-0.2, -0.15) is 0 Å². The zero-order valence-corrected chi connectivity index (χ0v) is 14.0. The van der Waals surface area contributed by atoms with Gasteiger partial charge in [0.25, 0.3) is 0 Å². The first-order valence-corrected chi connectivity index (χ1v) is 7.96. The minimum atomic E-state index is 0.293. The monoisotopic (exact) mass is 315 g/mol. The van der Waals surface area contributed by atoms with Crippen LogP contribution < -0.4 is 5.32 Å². The molecule has 0 aromatic heterocycles. The van der Waals surface area contributed by atoms with Crippen LogP contribution in [-0.4, -0.2) is 5.11 Å². The van der Waals surface area contributed by atoms with Gasteiger partial charge in [-0.05, 0) is 43.2 Å². The van der Waals surface area contributed by atoms with E-state index in [-0.39, 0.29) is 0 Å². The van der Waals surface area contributed by atoms with E-state index >= 15 is 0 Å². The Morgan fingerprint density at radius 2 is 1.62 bits per heavy atom. The fourth-order valence-electron chi connectivity index (χ4n) is 2.77. The highest BCUT2D eigenvalue weighted by Gasteiger charge is 2.08. The van der Waals surface area contributed by atoms with E-state index in [1.807, 2.05) is 42.5 Å². The van der Waals surface area contributed by atoms with E-state index < -0.39 is 0 Å². The van der Waals surface area contributed by atoms with Crippen LogP contribution in [0.15, 0.2) is 73.3 Å². The highest BCUT2D eigenvalue weighted by molar-refractivity contribution is 5.79. The van der Waals surface area contributed by atoms with Crippen molar-refractivity contribution < 1.29 is 5.11 Å². The van der Waals surface area contributed by atoms with Gasteiger partial charge in [-0.25, -0.2) is 0 Å². The van der Waals surface area contributed by atoms with Gasteiger partial charge in [0.2, 0.25) is 0 Å². The van der Waals surface area contributed by atoms with Crippen LogP contribution in [0.1, 0.15) is 16.7 Å². The van der Waals surface area contributed by atoms with Gasteiger partial charge < -0.3 is 10.4 Å². The lowest BCUT2D eigenvalue weighted by molar-refractivity contribution is 0.477. The fraction of sp³-hybridized carbons (Fsp3) is 0.0909. The summed E-state index contributed by atoms with van der Waals surface area (Å²) < 4.78 is 0. The molecule has 0 aliphatic carbocycles. The molecule has 2 heteroatoms. The number of phenolic OH excluding ortho intramolecular Hbond substituents is 1. The molecule has 0 bridgehead atoms. The smallest absolute Gasteiger partial charge is 0.123 e. The van der Waals surface area contributed by atoms with Gasteiger partial charge in [-0.1, -0.05) is 60.7 Å². The molecule has 0 aliphatic rings. The summed E-state index contributed by atoms with van der Waals surface area (Å²) in [5, 5.41) is 13.4. The third-order valence-electron chi connectivity index (χ3n) is 4.11. The van der Waals surface area contributed by atoms with E-state index in [0.29, 0.717) is 5.75 Å². The maximum Gasteiger partial charge on any atom is 0.123 e. The summed E-state index contributed by atoms with van der Waals surface area (Å²) in [6.45, 7) is 8.29. The summed E-state index contributed by atoms with van der Waals surface area (Å²) in [6, 6.07) is 21.8. The molecule has 3 aromatic carbocycles. The Morgan fingerprint density at radius 1 is 0.917 bits per heavy atom. The Hall–Kier alpha value is -3.00. The average molecular weight is 315 g/mol. The van der Waals surface area contributed by atoms with Crippen molar-refractivity contribution in [2.24, 2.45) is 0 Å². The summed E-state index contributed by atoms with van der Waals surface area (Å²) in [4.78, 5) is 0. The van der Waals surface area contributed by atoms with Crippen LogP contribution in [-0.2, 0) is 0 Å². The molecule has 0 spiro atoms. The molecule has 3 rings (SSSR count). The average Bonchev–Trinajstić information content (AvgIpc) is 2.57. The summed E-state index contributed by atoms with van der Waals surface area (Å²) in [5.41, 5.74) is 7.13. The van der Waals surface area contributed by atoms with Gasteiger partial charge in [0.15, 0.2) is 0 Å². The predicted molar refractivity (Wildman–Crippen MR) is 102 cm³/mol. The van der Waals surface area contributed by atoms with E-state index in [9.17, 15) is 5.11 Å². The van der Waals surface area contributed by atoms with Crippen molar-refractivity contribution >= 4 is 11.4 Å². The number of hydrogen-bond acceptors (Lipinski definition) is 2. The van der Waals surface area contributed by atoms with Gasteiger partial charge in [0.05, 0.1) is 0 Å². The molecular weight excluding hydrogens is 294 g/mol. The number of rotatable bonds is 4. The van der Waals surface area contributed by atoms with E-state index in [1.165, 1.54) is 5.56 Å². The number of para-hydroxylation sites is 1. The Labute approximate surface area is 143 Å². The number of phenols is 1. The van der Waals surface area contributed by atoms with Crippen LogP contribution in [0.4, 0.5) is 5.69 Å². The van der Waals surface area contributed by atoms with Crippen LogP contribution in [0.5, 0.6) is 5.75 Å². The summed E-state index contributed by atoms with van der Waals surface area (Å²) in [6.07, 6.45) is 0. The van der Waals surface area contributed by atoms with E-state index in [1.54, 1.807) is 6.07 Å². The van der Waals surface area contributed by atoms with E-state index in [0.717, 1.165) is 33.6 Å². The SMILES string of the molecule is C=C(Nc1ccc(C)cc1)c1ccc(-c2ccccc2O)cc1C. The van der Waals surface area contributed by atoms with Crippen molar-refractivity contribution in [3.63, 3.8) is 0 Å². The highest BCUT2D eigenvalue weighted by Crippen LogP contribution is 2.31. The maximum atomic E-state index is 10.0. The molecule has 0 radical (unpaired) electrons. The molecule has 0 saturated heterocycles. The second-order valence-electron chi connectivity index (χ2n) is 6.02. The molecular formula is C22H21NO. The Bertz CT molecular complexity index is 879. The second-order valence-corrected chi connectivity index (χ2v) is 6.02. The zero-order valence-electron chi connectivity index (χ0n) is 14.0. The van der Waals surface area contributed by atoms with Crippen molar-refractivity contribution in [1.82, 2.24) is 0 Å². The van der Waals surface area contributed by atoms with Crippen LogP contribution in [0.2, 0.25) is 0 Å². The molecule has 0 fully saturated rings. The third-order valence-corrected chi connectivity index (χ3v) is 4.11. The molecule has 0 heterocycles. The summed E-state index contributed by atoms with van der Waals surface area (Å²) in [7, 11) is 0. The van der Waals surface area contributed by atoms with Gasteiger partial charge in [0, 0.05) is 22.5 Å². The molecule has 120 valence electrons. The van der Waals surface area contributed by atoms with Crippen molar-refractivity contribution in [3.05, 3.63) is 90.0 Å². The minimum Gasteiger partial charge on any atom is -0.507 e. The summed E-state index contributed by atoms with van der Waals surface area (Å²) in [5.74, 6) is 0.293. The maximum absolute atomic E-state index is 10.0. The molecule has 3 aromatic rings. The van der Waals surface area contributed by atoms with Gasteiger partial charge in [-0.3, -0.25) is 0 Å². The minimum absolute atomic E-state index is 0.293. The number of anilines is 1. The Morgan fingerprint density at radius 3 is 2.29 bits per heavy atom. The Balaban J connectivity index is 1.86. The lowest BCUT2D eigenvalue weighted by Crippen LogP contribution is -1.99. The third kappa shape index (κ3) is 3.33. The fourth-order valence-corrected chi connectivity index (χ4v) is 2.77. The highest BCUT2D eigenvalue weighted by atomic mass is 16.3. The van der Waals surface area contributed by atoms with Crippen molar-refractivity contribution in [2.45, 2.75) is 13.8 Å². The van der Waals surface area contributed by atoms with Crippen LogP contribution in [0, 0.1) is 13.8 Å². The van der Waals surface area contributed by atoms with Crippen molar-refractivity contribution in [3.8, 4) is 16.9 Å². The zero-order chi connectivity index (χ0) is 17.1. The second kappa shape index (κ2) is 6.63. The summed E-state index contributed by atoms with van der Waals surface area (Å²) >= 11 is 0. The molecule has 2 nitrogen and oxygen atoms in total. The largest absolute Gasteiger partial charge is 0.507 e. The number of benzene rings is 3. The molecule has 24 heavy (non-hydrogen) atoms. The van der Waals surface area contributed by atoms with E-state index in [2.05, 4.69) is 43.9 Å². The van der Waals surface area contributed by atoms with Crippen molar-refractivity contribution in [1.29, 1.82) is 0 Å². The van der Waals surface area contributed by atoms with Gasteiger partial charge in [0.1, 0.15) is 5.75 Å². The Kier molecular flexibility index (Phi) is 4.39. The normalized spacial score (nSPS) is 10.4. The van der Waals surface area contributed by atoms with Gasteiger partial charge >= 0.3 is 0 Å². The first-order valence-electron chi connectivity index (χ1n) is 7.96. The van der Waals surface area contributed by atoms with Crippen LogP contribution in [0.25, 0.3) is 16.8 Å². The number of aryl methyl sites for hydroxylation is 2. The first-order chi connectivity index (χ1) is 11.5.